The maximum Gasteiger partial charge on any atom is 0.0991 e. The minimum Gasteiger partial charge on any atom is -0.192 e. The summed E-state index contributed by atoms with van der Waals surface area (Å²) in [4.78, 5) is 0. The molecule has 0 bridgehead atoms. The molecule has 0 spiro atoms. The van der Waals surface area contributed by atoms with Gasteiger partial charge in [0.15, 0.2) is 0 Å². The first-order valence-corrected chi connectivity index (χ1v) is 12.1. The van der Waals surface area contributed by atoms with E-state index in [9.17, 15) is 0 Å². The molecule has 16 heteroatoms. The quantitative estimate of drug-likeness (QED) is 0.443. The van der Waals surface area contributed by atoms with Crippen LogP contribution in [0.2, 0.25) is 5.01 Å². The molecule has 0 heterocycles. The number of hydrogen-bond acceptors (Lipinski definition) is 1. The monoisotopic (exact) mass is 440 g/mol. The normalized spacial score (nSPS) is 11.1. The first kappa shape index (κ1) is 32.9. The highest BCUT2D eigenvalue weighted by Gasteiger charge is 2.46. The van der Waals surface area contributed by atoms with Crippen molar-refractivity contribution in [3.8, 4) is 17.2 Å². The highest BCUT2D eigenvalue weighted by molar-refractivity contribution is 7.80. The highest BCUT2D eigenvalue weighted by Crippen LogP contribution is 2.33. The molecule has 2 aromatic carbocycles. The molecule has 36 heavy (non-hydrogen) atoms. The Hall–Kier alpha value is -1.10. The topological polar surface area (TPSA) is 23.8 Å². The van der Waals surface area contributed by atoms with Crippen LogP contribution in [-0.2, 0) is 6.42 Å². The summed E-state index contributed by atoms with van der Waals surface area (Å²) in [6.45, 7) is 0.834. The Labute approximate surface area is 234 Å². The van der Waals surface area contributed by atoms with Crippen molar-refractivity contribution in [1.29, 1.82) is 5.26 Å². The minimum absolute atomic E-state index is 0.701. The molecule has 2 aromatic rings. The van der Waals surface area contributed by atoms with Crippen LogP contribution in [-0.4, -0.2) is 109 Å². The molecule has 0 aliphatic heterocycles. The predicted molar refractivity (Wildman–Crippen MR) is 173 cm³/mol. The second-order valence-corrected chi connectivity index (χ2v) is 9.36. The summed E-state index contributed by atoms with van der Waals surface area (Å²) < 4.78 is 0. The SMILES string of the molecule is CCCC(C)Cc1ccc(-c2ccc(C#N)cc2)cc1.[B][B]B(B([B])[B])C(B([B])[B])(B([B])[B])B([B])[B]. The molecule has 0 fully saturated rings. The van der Waals surface area contributed by atoms with Gasteiger partial charge in [-0.25, -0.2) is 0 Å². The Morgan fingerprint density at radius 3 is 1.58 bits per heavy atom. The summed E-state index contributed by atoms with van der Waals surface area (Å²) in [6.07, 6.45) is 2.83. The molecular weight excluding hydrogens is 416 g/mol. The van der Waals surface area contributed by atoms with Crippen LogP contribution in [0, 0.1) is 17.2 Å². The van der Waals surface area contributed by atoms with Crippen LogP contribution in [0.3, 0.4) is 0 Å². The van der Waals surface area contributed by atoms with Crippen LogP contribution in [0.4, 0.5) is 0 Å². The van der Waals surface area contributed by atoms with E-state index in [1.165, 1.54) is 31.0 Å². The molecule has 1 atom stereocenters. The molecule has 0 aromatic heterocycles. The number of nitriles is 1. The van der Waals surface area contributed by atoms with Crippen molar-refractivity contribution in [2.45, 2.75) is 38.1 Å². The van der Waals surface area contributed by atoms with Crippen LogP contribution in [0.1, 0.15) is 37.8 Å². The standard InChI is InChI=1S/C19H21N.CB15/c1-3-4-15(2)13-16-5-9-18(10-6-16)19-11-7-17(14-20)8-12-19;2-11-15(16(9)10)1(12(3)4,13(5)6)14(7)8/h5-12,15H,3-4,13H2,1-2H3;. The third kappa shape index (κ3) is 8.74. The van der Waals surface area contributed by atoms with Crippen LogP contribution in [0.25, 0.3) is 11.1 Å². The molecule has 0 saturated heterocycles. The lowest BCUT2D eigenvalue weighted by Crippen LogP contribution is -2.71. The van der Waals surface area contributed by atoms with E-state index >= 15 is 0 Å². The summed E-state index contributed by atoms with van der Waals surface area (Å²) in [5, 5.41) is 7.54. The van der Waals surface area contributed by atoms with Gasteiger partial charge in [-0.15, -0.1) is 0 Å². The van der Waals surface area contributed by atoms with Crippen molar-refractivity contribution in [2.24, 2.45) is 5.92 Å². The molecular formula is C20H21B15N. The van der Waals surface area contributed by atoms with Gasteiger partial charge in [-0.1, -0.05) is 63.1 Å². The molecule has 0 N–H and O–H groups in total. The first-order valence-electron chi connectivity index (χ1n) is 12.1. The smallest absolute Gasteiger partial charge is 0.0991 e. The van der Waals surface area contributed by atoms with E-state index in [4.69, 9.17) is 74.9 Å². The summed E-state index contributed by atoms with van der Waals surface area (Å²) in [5.74, 6) is 0.751. The van der Waals surface area contributed by atoms with Gasteiger partial charge in [0.1, 0.15) is 0 Å². The molecule has 19 radical (unpaired) electrons. The van der Waals surface area contributed by atoms with Gasteiger partial charge in [0.05, 0.1) is 11.6 Å². The van der Waals surface area contributed by atoms with Crippen LogP contribution < -0.4 is 0 Å². The van der Waals surface area contributed by atoms with E-state index in [2.05, 4.69) is 44.2 Å². The van der Waals surface area contributed by atoms with Gasteiger partial charge in [-0.05, 0) is 41.2 Å². The predicted octanol–water partition coefficient (Wildman–Crippen LogP) is -0.293. The molecule has 151 valence electrons. The molecule has 0 aliphatic carbocycles. The molecule has 1 unspecified atom stereocenters. The Morgan fingerprint density at radius 1 is 0.833 bits per heavy atom. The van der Waals surface area contributed by atoms with E-state index in [-0.39, 0.29) is 0 Å². The first-order chi connectivity index (χ1) is 16.9. The molecule has 0 aliphatic rings. The van der Waals surface area contributed by atoms with Gasteiger partial charge in [0.25, 0.3) is 0 Å². The largest absolute Gasteiger partial charge is 0.192 e. The molecule has 0 amide bonds. The Balaban J connectivity index is 0.000000371. The summed E-state index contributed by atoms with van der Waals surface area (Å²) in [7, 11) is 51.8. The van der Waals surface area contributed by atoms with Crippen molar-refractivity contribution in [1.82, 2.24) is 0 Å². The summed E-state index contributed by atoms with van der Waals surface area (Å²) >= 11 is 0. The van der Waals surface area contributed by atoms with E-state index in [0.29, 0.717) is 5.56 Å². The zero-order chi connectivity index (χ0) is 27.5. The molecule has 2 rings (SSSR count). The lowest BCUT2D eigenvalue weighted by Gasteiger charge is -2.53. The van der Waals surface area contributed by atoms with Crippen LogP contribution >= 0.6 is 0 Å². The van der Waals surface area contributed by atoms with Crippen molar-refractivity contribution in [2.75, 3.05) is 0 Å². The average molecular weight is 438 g/mol. The lowest BCUT2D eigenvalue weighted by molar-refractivity contribution is 0.522. The maximum atomic E-state index is 8.81. The van der Waals surface area contributed by atoms with Crippen molar-refractivity contribution in [3.63, 3.8) is 0 Å². The lowest BCUT2D eigenvalue weighted by atomic mass is 8.60. The molecule has 1 nitrogen and oxygen atoms in total. The van der Waals surface area contributed by atoms with Gasteiger partial charge in [0.2, 0.25) is 0 Å². The number of rotatable bonds is 11. The van der Waals surface area contributed by atoms with Gasteiger partial charge in [-0.3, -0.25) is 0 Å². The Bertz CT molecular complexity index is 906. The summed E-state index contributed by atoms with van der Waals surface area (Å²) in [6, 6.07) is 18.7. The van der Waals surface area contributed by atoms with Crippen molar-refractivity contribution in [3.05, 3.63) is 59.7 Å². The highest BCUT2D eigenvalue weighted by atomic mass is 14.2. The maximum absolute atomic E-state index is 8.81. The number of nitrogens with zero attached hydrogens (tertiary/aromatic N) is 1. The van der Waals surface area contributed by atoms with Gasteiger partial charge in [0, 0.05) is 109 Å². The Kier molecular flexibility index (Phi) is 14.6. The fourth-order valence-corrected chi connectivity index (χ4v) is 4.53. The third-order valence-corrected chi connectivity index (χ3v) is 6.60. The van der Waals surface area contributed by atoms with E-state index < -0.39 is 37.4 Å². The van der Waals surface area contributed by atoms with E-state index in [1.54, 1.807) is 0 Å². The van der Waals surface area contributed by atoms with E-state index in [1.807, 2.05) is 24.3 Å². The average Bonchev–Trinajstić information content (AvgIpc) is 2.82. The van der Waals surface area contributed by atoms with Crippen molar-refractivity contribution < 1.29 is 0 Å². The summed E-state index contributed by atoms with van der Waals surface area (Å²) in [5.41, 5.74) is 4.49. The van der Waals surface area contributed by atoms with Crippen LogP contribution in [0.5, 0.6) is 0 Å². The number of benzene rings is 2. The second kappa shape index (κ2) is 16.0. The van der Waals surface area contributed by atoms with Crippen molar-refractivity contribution >= 4 is 109 Å². The molecule has 0 saturated carbocycles. The zero-order valence-corrected chi connectivity index (χ0v) is 21.4. The third-order valence-electron chi connectivity index (χ3n) is 6.60. The second-order valence-electron chi connectivity index (χ2n) is 9.36. The Morgan fingerprint density at radius 2 is 1.28 bits per heavy atom. The van der Waals surface area contributed by atoms with E-state index in [0.717, 1.165) is 17.9 Å². The van der Waals surface area contributed by atoms with Gasteiger partial charge >= 0.3 is 0 Å². The minimum atomic E-state index is -1.27. The van der Waals surface area contributed by atoms with Gasteiger partial charge < -0.3 is 0 Å². The van der Waals surface area contributed by atoms with Crippen LogP contribution in [0.15, 0.2) is 48.5 Å². The number of hydrogen-bond donors (Lipinski definition) is 0. The fourth-order valence-electron chi connectivity index (χ4n) is 4.53. The fraction of sp³-hybridized carbons (Fsp3) is 0.350. The zero-order valence-electron chi connectivity index (χ0n) is 21.4. The van der Waals surface area contributed by atoms with Gasteiger partial charge in [-0.2, -0.15) is 10.3 Å².